The zero-order valence-corrected chi connectivity index (χ0v) is 15.1. The van der Waals surface area contributed by atoms with Crippen LogP contribution in [0.3, 0.4) is 0 Å². The van der Waals surface area contributed by atoms with Crippen molar-refractivity contribution < 1.29 is 4.79 Å². The number of hydrogen-bond donors (Lipinski definition) is 1. The van der Waals surface area contributed by atoms with Crippen LogP contribution in [-0.4, -0.2) is 28.5 Å². The number of urea groups is 1. The van der Waals surface area contributed by atoms with Gasteiger partial charge in [0.05, 0.1) is 6.04 Å². The summed E-state index contributed by atoms with van der Waals surface area (Å²) in [5.74, 6) is 0.752. The Hall–Kier alpha value is -1.58. The van der Waals surface area contributed by atoms with Crippen molar-refractivity contribution in [2.45, 2.75) is 65.0 Å². The second-order valence-corrected chi connectivity index (χ2v) is 8.74. The van der Waals surface area contributed by atoms with Crippen LogP contribution in [0.4, 0.5) is 4.79 Å². The van der Waals surface area contributed by atoms with E-state index in [1.807, 2.05) is 29.4 Å². The minimum absolute atomic E-state index is 0.129. The van der Waals surface area contributed by atoms with E-state index in [-0.39, 0.29) is 17.5 Å². The highest BCUT2D eigenvalue weighted by atomic mass is 16.2. The van der Waals surface area contributed by atoms with Gasteiger partial charge in [0.2, 0.25) is 0 Å². The van der Waals surface area contributed by atoms with Crippen LogP contribution >= 0.6 is 0 Å². The molecule has 0 spiro atoms. The number of carbonyl (C=O) groups excluding carboxylic acids is 1. The third kappa shape index (κ3) is 2.18. The Morgan fingerprint density at radius 2 is 2.00 bits per heavy atom. The number of nitrogens with one attached hydrogen (secondary N) is 1. The molecule has 3 aliphatic rings. The first kappa shape index (κ1) is 15.9. The lowest BCUT2D eigenvalue weighted by molar-refractivity contribution is 0.116. The summed E-state index contributed by atoms with van der Waals surface area (Å²) in [6.07, 6.45) is 9.47. The third-order valence-electron chi connectivity index (χ3n) is 7.70. The summed E-state index contributed by atoms with van der Waals surface area (Å²) in [5.41, 5.74) is 1.77. The molecule has 0 unspecified atom stereocenters. The number of nitrogens with zero attached hydrogens (tertiary/aromatic N) is 2. The molecule has 130 valence electrons. The second kappa shape index (κ2) is 5.47. The fraction of sp³-hybridized carbons (Fsp3) is 0.700. The smallest absolute Gasteiger partial charge is 0.318 e. The van der Waals surface area contributed by atoms with Gasteiger partial charge in [-0.15, -0.1) is 0 Å². The molecule has 4 nitrogen and oxygen atoms in total. The molecule has 1 aromatic rings. The molecule has 4 heteroatoms. The normalized spacial score (nSPS) is 37.0. The first-order valence-corrected chi connectivity index (χ1v) is 9.40. The molecule has 0 radical (unpaired) electrons. The average molecular weight is 327 g/mol. The summed E-state index contributed by atoms with van der Waals surface area (Å²) in [7, 11) is 0. The van der Waals surface area contributed by atoms with Crippen molar-refractivity contribution in [3.8, 4) is 0 Å². The van der Waals surface area contributed by atoms with Gasteiger partial charge < -0.3 is 10.2 Å². The third-order valence-corrected chi connectivity index (χ3v) is 7.70. The lowest BCUT2D eigenvalue weighted by atomic mass is 9.69. The van der Waals surface area contributed by atoms with E-state index >= 15 is 0 Å². The highest BCUT2D eigenvalue weighted by Gasteiger charge is 2.61. The van der Waals surface area contributed by atoms with Crippen molar-refractivity contribution in [1.82, 2.24) is 15.2 Å². The first-order chi connectivity index (χ1) is 11.4. The molecule has 4 rings (SSSR count). The molecule has 1 N–H and O–H groups in total. The molecular weight excluding hydrogens is 298 g/mol. The molecule has 1 aliphatic heterocycles. The Kier molecular flexibility index (Phi) is 3.63. The quantitative estimate of drug-likeness (QED) is 0.887. The van der Waals surface area contributed by atoms with Crippen LogP contribution in [0.5, 0.6) is 0 Å². The monoisotopic (exact) mass is 327 g/mol. The van der Waals surface area contributed by atoms with Gasteiger partial charge in [0, 0.05) is 25.0 Å². The summed E-state index contributed by atoms with van der Waals surface area (Å²) in [5, 5.41) is 3.42. The van der Waals surface area contributed by atoms with Crippen molar-refractivity contribution in [2.24, 2.45) is 16.7 Å². The van der Waals surface area contributed by atoms with E-state index in [2.05, 4.69) is 31.1 Å². The van der Waals surface area contributed by atoms with E-state index in [0.29, 0.717) is 11.5 Å². The van der Waals surface area contributed by atoms with Gasteiger partial charge in [0.25, 0.3) is 0 Å². The van der Waals surface area contributed by atoms with Crippen LogP contribution in [0.15, 0.2) is 24.5 Å². The minimum atomic E-state index is 0.129. The van der Waals surface area contributed by atoms with Crippen LogP contribution in [0.1, 0.15) is 64.5 Å². The molecule has 0 aromatic carbocycles. The first-order valence-electron chi connectivity index (χ1n) is 9.40. The van der Waals surface area contributed by atoms with Crippen molar-refractivity contribution in [3.05, 3.63) is 30.1 Å². The Morgan fingerprint density at radius 3 is 2.62 bits per heavy atom. The fourth-order valence-electron chi connectivity index (χ4n) is 5.60. The van der Waals surface area contributed by atoms with Crippen molar-refractivity contribution in [2.75, 3.05) is 6.54 Å². The zero-order chi connectivity index (χ0) is 16.9. The number of likely N-dealkylation sites (tertiary alicyclic amines) is 1. The SMILES string of the molecule is CC1(C)[C@H]2CC[C@@]1(C)[C@H](NC(=O)N1CCC[C@H]1c1ccncc1)C2. The molecule has 2 saturated carbocycles. The van der Waals surface area contributed by atoms with Crippen LogP contribution in [-0.2, 0) is 0 Å². The molecule has 3 fully saturated rings. The summed E-state index contributed by atoms with van der Waals surface area (Å²) in [6.45, 7) is 8.03. The Labute approximate surface area is 145 Å². The van der Waals surface area contributed by atoms with Crippen LogP contribution in [0.2, 0.25) is 0 Å². The van der Waals surface area contributed by atoms with E-state index in [9.17, 15) is 4.79 Å². The maximum atomic E-state index is 13.0. The molecule has 4 atom stereocenters. The molecule has 2 aliphatic carbocycles. The molecule has 2 amide bonds. The topological polar surface area (TPSA) is 45.2 Å². The van der Waals surface area contributed by atoms with E-state index in [0.717, 1.165) is 31.7 Å². The molecule has 1 saturated heterocycles. The Morgan fingerprint density at radius 1 is 1.25 bits per heavy atom. The lowest BCUT2D eigenvalue weighted by Gasteiger charge is -2.40. The highest BCUT2D eigenvalue weighted by Crippen LogP contribution is 2.65. The number of amides is 2. The summed E-state index contributed by atoms with van der Waals surface area (Å²) in [6, 6.07) is 4.73. The Bertz CT molecular complexity index is 629. The highest BCUT2D eigenvalue weighted by molar-refractivity contribution is 5.75. The molecule has 2 bridgehead atoms. The van der Waals surface area contributed by atoms with Gasteiger partial charge >= 0.3 is 6.03 Å². The standard InChI is InChI=1S/C20H29N3O/c1-19(2)15-6-9-20(19,3)17(13-15)22-18(24)23-12-4-5-16(23)14-7-10-21-11-8-14/h7-8,10-11,15-17H,4-6,9,12-13H2,1-3H3,(H,22,24)/t15-,16-,17+,20-/m0/s1. The van der Waals surface area contributed by atoms with Crippen molar-refractivity contribution >= 4 is 6.03 Å². The van der Waals surface area contributed by atoms with E-state index in [4.69, 9.17) is 0 Å². The number of pyridine rings is 1. The number of rotatable bonds is 2. The molecular formula is C20H29N3O. The van der Waals surface area contributed by atoms with E-state index in [1.54, 1.807) is 0 Å². The number of aromatic nitrogens is 1. The lowest BCUT2D eigenvalue weighted by Crippen LogP contribution is -2.51. The van der Waals surface area contributed by atoms with Gasteiger partial charge in [-0.05, 0) is 66.5 Å². The summed E-state index contributed by atoms with van der Waals surface area (Å²) in [4.78, 5) is 19.2. The number of hydrogen-bond acceptors (Lipinski definition) is 2. The van der Waals surface area contributed by atoms with Gasteiger partial charge in [-0.25, -0.2) is 4.79 Å². The average Bonchev–Trinajstić information content (AvgIpc) is 3.19. The maximum absolute atomic E-state index is 13.0. The number of carbonyl (C=O) groups is 1. The molecule has 1 aromatic heterocycles. The predicted octanol–water partition coefficient (Wildman–Crippen LogP) is 4.14. The maximum Gasteiger partial charge on any atom is 0.318 e. The van der Waals surface area contributed by atoms with Crippen LogP contribution in [0.25, 0.3) is 0 Å². The zero-order valence-electron chi connectivity index (χ0n) is 15.1. The van der Waals surface area contributed by atoms with Crippen molar-refractivity contribution in [3.63, 3.8) is 0 Å². The van der Waals surface area contributed by atoms with Crippen LogP contribution in [0, 0.1) is 16.7 Å². The van der Waals surface area contributed by atoms with Gasteiger partial charge in [0.15, 0.2) is 0 Å². The van der Waals surface area contributed by atoms with E-state index in [1.165, 1.54) is 18.4 Å². The second-order valence-electron chi connectivity index (χ2n) is 8.74. The molecule has 24 heavy (non-hydrogen) atoms. The van der Waals surface area contributed by atoms with Gasteiger partial charge in [0.1, 0.15) is 0 Å². The van der Waals surface area contributed by atoms with Gasteiger partial charge in [-0.1, -0.05) is 20.8 Å². The summed E-state index contributed by atoms with van der Waals surface area (Å²) < 4.78 is 0. The van der Waals surface area contributed by atoms with Gasteiger partial charge in [-0.2, -0.15) is 0 Å². The summed E-state index contributed by atoms with van der Waals surface area (Å²) >= 11 is 0. The Balaban J connectivity index is 1.49. The van der Waals surface area contributed by atoms with E-state index < -0.39 is 0 Å². The van der Waals surface area contributed by atoms with Crippen LogP contribution < -0.4 is 5.32 Å². The fourth-order valence-corrected chi connectivity index (χ4v) is 5.60. The van der Waals surface area contributed by atoms with Gasteiger partial charge in [-0.3, -0.25) is 4.98 Å². The molecule has 2 heterocycles. The predicted molar refractivity (Wildman–Crippen MR) is 94.5 cm³/mol. The minimum Gasteiger partial charge on any atom is -0.335 e. The van der Waals surface area contributed by atoms with Crippen molar-refractivity contribution in [1.29, 1.82) is 0 Å². The number of fused-ring (bicyclic) bond motifs is 2. The largest absolute Gasteiger partial charge is 0.335 e.